The van der Waals surface area contributed by atoms with Gasteiger partial charge in [-0.2, -0.15) is 0 Å². The van der Waals surface area contributed by atoms with E-state index in [9.17, 15) is 8.78 Å². The van der Waals surface area contributed by atoms with Crippen LogP contribution in [-0.2, 0) is 6.42 Å². The molecule has 0 N–H and O–H groups in total. The molecule has 0 nitrogen and oxygen atoms in total. The Kier molecular flexibility index (Phi) is 9.02. The summed E-state index contributed by atoms with van der Waals surface area (Å²) in [5, 5.41) is 0. The second-order valence-corrected chi connectivity index (χ2v) is 9.89. The third-order valence-electron chi connectivity index (χ3n) is 7.39. The maximum absolute atomic E-state index is 15.2. The molecular weight excluding hydrogens is 472 g/mol. The first-order valence-corrected chi connectivity index (χ1v) is 13.3. The summed E-state index contributed by atoms with van der Waals surface area (Å²) in [5.74, 6) is -2.85. The summed E-state index contributed by atoms with van der Waals surface area (Å²) in [7, 11) is 0. The van der Waals surface area contributed by atoms with Gasteiger partial charge >= 0.3 is 0 Å². The molecule has 0 saturated carbocycles. The zero-order valence-electron chi connectivity index (χ0n) is 21.6. The molecule has 0 bridgehead atoms. The third kappa shape index (κ3) is 6.06. The second kappa shape index (κ2) is 12.4. The van der Waals surface area contributed by atoms with Crippen molar-refractivity contribution in [3.63, 3.8) is 0 Å². The summed E-state index contributed by atoms with van der Waals surface area (Å²) in [4.78, 5) is 0. The van der Waals surface area contributed by atoms with Gasteiger partial charge in [0.25, 0.3) is 0 Å². The van der Waals surface area contributed by atoms with Crippen molar-refractivity contribution >= 4 is 5.57 Å². The van der Waals surface area contributed by atoms with Crippen molar-refractivity contribution in [3.05, 3.63) is 101 Å². The Morgan fingerprint density at radius 3 is 1.97 bits per heavy atom. The molecular formula is C33H34F4. The second-order valence-electron chi connectivity index (χ2n) is 9.89. The molecule has 0 aromatic heterocycles. The molecule has 0 amide bonds. The van der Waals surface area contributed by atoms with Crippen LogP contribution in [-0.4, -0.2) is 0 Å². The topological polar surface area (TPSA) is 0 Å². The van der Waals surface area contributed by atoms with Gasteiger partial charge in [-0.1, -0.05) is 80.1 Å². The normalized spacial score (nSPS) is 15.8. The summed E-state index contributed by atoms with van der Waals surface area (Å²) in [5.41, 5.74) is 2.82. The molecule has 0 spiro atoms. The molecule has 1 atom stereocenters. The van der Waals surface area contributed by atoms with Crippen molar-refractivity contribution < 1.29 is 17.6 Å². The van der Waals surface area contributed by atoms with Crippen LogP contribution in [0.1, 0.15) is 69.9 Å². The van der Waals surface area contributed by atoms with E-state index in [2.05, 4.69) is 18.2 Å². The highest BCUT2D eigenvalue weighted by Crippen LogP contribution is 2.37. The Morgan fingerprint density at radius 1 is 0.784 bits per heavy atom. The van der Waals surface area contributed by atoms with Crippen LogP contribution in [0.25, 0.3) is 27.8 Å². The van der Waals surface area contributed by atoms with Crippen LogP contribution in [0.3, 0.4) is 0 Å². The van der Waals surface area contributed by atoms with E-state index in [0.717, 1.165) is 50.5 Å². The van der Waals surface area contributed by atoms with Crippen LogP contribution in [0.2, 0.25) is 0 Å². The van der Waals surface area contributed by atoms with E-state index >= 15 is 8.78 Å². The van der Waals surface area contributed by atoms with Crippen molar-refractivity contribution in [3.8, 4) is 22.3 Å². The van der Waals surface area contributed by atoms with Crippen molar-refractivity contribution in [1.29, 1.82) is 0 Å². The lowest BCUT2D eigenvalue weighted by Gasteiger charge is -2.22. The van der Waals surface area contributed by atoms with Gasteiger partial charge in [0.15, 0.2) is 23.3 Å². The Hall–Kier alpha value is -3.14. The van der Waals surface area contributed by atoms with Gasteiger partial charge in [-0.3, -0.25) is 0 Å². The maximum atomic E-state index is 15.2. The number of rotatable bonds is 9. The highest BCUT2D eigenvalue weighted by molar-refractivity contribution is 5.74. The van der Waals surface area contributed by atoms with Gasteiger partial charge in [-0.15, -0.1) is 0 Å². The first-order chi connectivity index (χ1) is 17.9. The average molecular weight is 507 g/mol. The lowest BCUT2D eigenvalue weighted by Crippen LogP contribution is -2.07. The Bertz CT molecular complexity index is 1280. The van der Waals surface area contributed by atoms with Gasteiger partial charge in [0, 0.05) is 16.7 Å². The number of allylic oxidation sites excluding steroid dienone is 4. The van der Waals surface area contributed by atoms with E-state index in [0.29, 0.717) is 34.6 Å². The molecule has 194 valence electrons. The molecule has 1 aliphatic rings. The minimum Gasteiger partial charge on any atom is -0.203 e. The quantitative estimate of drug-likeness (QED) is 0.200. The van der Waals surface area contributed by atoms with Crippen LogP contribution in [0.15, 0.2) is 66.8 Å². The smallest absolute Gasteiger partial charge is 0.167 e. The monoisotopic (exact) mass is 506 g/mol. The van der Waals surface area contributed by atoms with Crippen LogP contribution >= 0.6 is 0 Å². The Balaban J connectivity index is 1.53. The largest absolute Gasteiger partial charge is 0.203 e. The van der Waals surface area contributed by atoms with Crippen molar-refractivity contribution in [1.82, 2.24) is 0 Å². The molecule has 1 unspecified atom stereocenters. The third-order valence-corrected chi connectivity index (χ3v) is 7.39. The minimum absolute atomic E-state index is 0.148. The molecule has 0 fully saturated rings. The summed E-state index contributed by atoms with van der Waals surface area (Å²) in [6.07, 6.45) is 13.2. The molecule has 0 aliphatic heterocycles. The van der Waals surface area contributed by atoms with E-state index in [1.807, 2.05) is 13.8 Å². The van der Waals surface area contributed by atoms with Crippen molar-refractivity contribution in [2.45, 2.75) is 65.2 Å². The summed E-state index contributed by atoms with van der Waals surface area (Å²) in [6, 6.07) is 12.9. The predicted molar refractivity (Wildman–Crippen MR) is 145 cm³/mol. The molecule has 1 aliphatic carbocycles. The molecule has 4 rings (SSSR count). The molecule has 4 heteroatoms. The first kappa shape index (κ1) is 26.9. The maximum Gasteiger partial charge on any atom is 0.167 e. The van der Waals surface area contributed by atoms with E-state index in [-0.39, 0.29) is 11.1 Å². The van der Waals surface area contributed by atoms with Gasteiger partial charge in [-0.05, 0) is 80.1 Å². The SMILES string of the molecule is CC=CCCC1CC=C(c2ccc(-c3ccc(-c4ccc(CCCC)c(F)c4F)cc3)c(F)c2F)CC1. The molecule has 3 aromatic carbocycles. The number of aryl methyl sites for hydroxylation is 1. The van der Waals surface area contributed by atoms with Crippen LogP contribution < -0.4 is 0 Å². The summed E-state index contributed by atoms with van der Waals surface area (Å²) >= 11 is 0. The standard InChI is InChI=1S/C33H34F4/c1-3-5-7-8-22-10-12-23(13-11-22)28-20-21-29(33(37)32(28)36)25-16-14-24(15-17-25)27-19-18-26(9-6-4-2)30(34)31(27)35/h3,5,12,14-22H,4,6-11,13H2,1-2H3. The van der Waals surface area contributed by atoms with E-state index in [4.69, 9.17) is 0 Å². The Morgan fingerprint density at radius 2 is 1.38 bits per heavy atom. The van der Waals surface area contributed by atoms with Gasteiger partial charge in [0.05, 0.1) is 0 Å². The van der Waals surface area contributed by atoms with Crippen LogP contribution in [0, 0.1) is 29.2 Å². The fourth-order valence-corrected chi connectivity index (χ4v) is 5.12. The lowest BCUT2D eigenvalue weighted by molar-refractivity contribution is 0.452. The number of hydrogen-bond acceptors (Lipinski definition) is 0. The number of benzene rings is 3. The first-order valence-electron chi connectivity index (χ1n) is 13.3. The van der Waals surface area contributed by atoms with E-state index in [1.54, 1.807) is 48.5 Å². The molecule has 0 saturated heterocycles. The van der Waals surface area contributed by atoms with Crippen molar-refractivity contribution in [2.24, 2.45) is 5.92 Å². The number of halogens is 4. The van der Waals surface area contributed by atoms with Gasteiger partial charge in [0.1, 0.15) is 0 Å². The number of hydrogen-bond donors (Lipinski definition) is 0. The zero-order valence-corrected chi connectivity index (χ0v) is 21.6. The van der Waals surface area contributed by atoms with E-state index < -0.39 is 23.3 Å². The molecule has 0 heterocycles. The van der Waals surface area contributed by atoms with Gasteiger partial charge in [0.2, 0.25) is 0 Å². The molecule has 37 heavy (non-hydrogen) atoms. The molecule has 0 radical (unpaired) electrons. The summed E-state index contributed by atoms with van der Waals surface area (Å²) < 4.78 is 59.5. The zero-order chi connectivity index (χ0) is 26.4. The van der Waals surface area contributed by atoms with E-state index in [1.165, 1.54) is 0 Å². The average Bonchev–Trinajstić information content (AvgIpc) is 2.92. The molecule has 3 aromatic rings. The highest BCUT2D eigenvalue weighted by Gasteiger charge is 2.21. The minimum atomic E-state index is -0.890. The van der Waals surface area contributed by atoms with Gasteiger partial charge < -0.3 is 0 Å². The fraction of sp³-hybridized carbons (Fsp3) is 0.333. The summed E-state index contributed by atoms with van der Waals surface area (Å²) in [6.45, 7) is 4.02. The Labute approximate surface area is 217 Å². The fourth-order valence-electron chi connectivity index (χ4n) is 5.12. The van der Waals surface area contributed by atoms with Gasteiger partial charge in [-0.25, -0.2) is 17.6 Å². The van der Waals surface area contributed by atoms with Crippen molar-refractivity contribution in [2.75, 3.05) is 0 Å². The number of unbranched alkanes of at least 4 members (excludes halogenated alkanes) is 1. The predicted octanol–water partition coefficient (Wildman–Crippen LogP) is 10.5. The lowest BCUT2D eigenvalue weighted by atomic mass is 9.83. The van der Waals surface area contributed by atoms with Crippen LogP contribution in [0.5, 0.6) is 0 Å². The highest BCUT2D eigenvalue weighted by atomic mass is 19.2. The van der Waals surface area contributed by atoms with Crippen LogP contribution in [0.4, 0.5) is 17.6 Å².